The van der Waals surface area contributed by atoms with E-state index in [4.69, 9.17) is 0 Å². The minimum absolute atomic E-state index is 0.458. The molecule has 2 nitrogen and oxygen atoms in total. The van der Waals surface area contributed by atoms with Crippen molar-refractivity contribution >= 4 is 55.7 Å². The molecule has 318 valence electrons. The van der Waals surface area contributed by atoms with Gasteiger partial charge in [-0.1, -0.05) is 148 Å². The fourth-order valence-corrected chi connectivity index (χ4v) is 9.48. The lowest BCUT2D eigenvalue weighted by Crippen LogP contribution is -2.11. The molecule has 0 aliphatic rings. The van der Waals surface area contributed by atoms with Crippen molar-refractivity contribution in [2.24, 2.45) is 0 Å². The van der Waals surface area contributed by atoms with Crippen molar-refractivity contribution in [2.75, 3.05) is 9.80 Å². The van der Waals surface area contributed by atoms with Crippen LogP contribution in [0.15, 0.2) is 182 Å². The van der Waals surface area contributed by atoms with Crippen LogP contribution in [0.25, 0.3) is 43.8 Å². The van der Waals surface area contributed by atoms with Gasteiger partial charge in [-0.25, -0.2) is 0 Å². The SMILES string of the molecule is CCC(C)c1cc(C)cc(N(c2ccc(C)cc2)c2ccc3c(-c4ccccc4)c4cc(N(c5ccc(C)cc5)c5cc(C)cc(C(C)CC)c5)ccc4c(-c4ccccc4)c3c2)c1. The van der Waals surface area contributed by atoms with Gasteiger partial charge in [0.15, 0.2) is 0 Å². The van der Waals surface area contributed by atoms with E-state index in [0.29, 0.717) is 11.8 Å². The topological polar surface area (TPSA) is 6.48 Å². The van der Waals surface area contributed by atoms with Gasteiger partial charge in [0.1, 0.15) is 0 Å². The van der Waals surface area contributed by atoms with Crippen LogP contribution in [-0.2, 0) is 0 Å². The molecule has 0 radical (unpaired) electrons. The third-order valence-corrected chi connectivity index (χ3v) is 13.4. The molecule has 64 heavy (non-hydrogen) atoms. The normalized spacial score (nSPS) is 12.4. The highest BCUT2D eigenvalue weighted by molar-refractivity contribution is 6.22. The molecule has 0 spiro atoms. The zero-order valence-electron chi connectivity index (χ0n) is 38.8. The fraction of sp³-hybridized carbons (Fsp3) is 0.194. The van der Waals surface area contributed by atoms with Crippen LogP contribution in [0.1, 0.15) is 85.8 Å². The molecule has 9 rings (SSSR count). The molecule has 0 aromatic heterocycles. The molecule has 0 bridgehead atoms. The second-order valence-electron chi connectivity index (χ2n) is 18.1. The van der Waals surface area contributed by atoms with Crippen molar-refractivity contribution in [1.82, 2.24) is 0 Å². The van der Waals surface area contributed by atoms with Crippen molar-refractivity contribution in [2.45, 2.75) is 80.1 Å². The van der Waals surface area contributed by atoms with E-state index in [1.807, 2.05) is 0 Å². The highest BCUT2D eigenvalue weighted by Crippen LogP contribution is 2.49. The van der Waals surface area contributed by atoms with Crippen molar-refractivity contribution in [3.05, 3.63) is 215 Å². The van der Waals surface area contributed by atoms with Gasteiger partial charge in [-0.3, -0.25) is 0 Å². The first kappa shape index (κ1) is 42.4. The summed E-state index contributed by atoms with van der Waals surface area (Å²) in [4.78, 5) is 4.91. The Hall–Kier alpha value is -6.90. The van der Waals surface area contributed by atoms with Gasteiger partial charge in [0.05, 0.1) is 0 Å². The molecule has 0 aliphatic carbocycles. The third-order valence-electron chi connectivity index (χ3n) is 13.4. The monoisotopic (exact) mass is 832 g/mol. The molecule has 0 N–H and O–H groups in total. The number of rotatable bonds is 12. The number of fused-ring (bicyclic) bond motifs is 2. The van der Waals surface area contributed by atoms with Crippen LogP contribution in [0, 0.1) is 27.7 Å². The van der Waals surface area contributed by atoms with Crippen molar-refractivity contribution in [1.29, 1.82) is 0 Å². The van der Waals surface area contributed by atoms with Gasteiger partial charge in [-0.05, 0) is 191 Å². The molecule has 2 heteroatoms. The van der Waals surface area contributed by atoms with E-state index in [2.05, 4.69) is 247 Å². The van der Waals surface area contributed by atoms with Crippen molar-refractivity contribution in [3.63, 3.8) is 0 Å². The number of benzene rings is 9. The standard InChI is InChI=1S/C62H60N2/c1-9-45(7)49-33-43(5)35-55(37-49)63(51-25-21-41(3)22-26-51)53-29-31-57-59(39-53)61(47-17-13-11-14-18-47)58-32-30-54(40-60(58)62(57)48-19-15-12-16-20-48)64(52-27-23-42(4)24-28-52)56-36-44(6)34-50(38-56)46(8)10-2/h11-40,45-46H,9-10H2,1-8H3. The second kappa shape index (κ2) is 18.1. The maximum Gasteiger partial charge on any atom is 0.0468 e. The van der Waals surface area contributed by atoms with E-state index < -0.39 is 0 Å². The molecule has 0 saturated heterocycles. The van der Waals surface area contributed by atoms with Gasteiger partial charge in [-0.15, -0.1) is 0 Å². The van der Waals surface area contributed by atoms with Crippen LogP contribution >= 0.6 is 0 Å². The molecule has 0 fully saturated rings. The van der Waals surface area contributed by atoms with Crippen LogP contribution < -0.4 is 9.80 Å². The first-order valence-corrected chi connectivity index (χ1v) is 23.2. The number of aryl methyl sites for hydroxylation is 4. The van der Waals surface area contributed by atoms with Crippen LogP contribution in [-0.4, -0.2) is 0 Å². The fourth-order valence-electron chi connectivity index (χ4n) is 9.48. The van der Waals surface area contributed by atoms with Gasteiger partial charge >= 0.3 is 0 Å². The Bertz CT molecular complexity index is 2860. The zero-order chi connectivity index (χ0) is 44.5. The minimum Gasteiger partial charge on any atom is -0.310 e. The summed E-state index contributed by atoms with van der Waals surface area (Å²) in [6.07, 6.45) is 2.18. The molecule has 0 amide bonds. The van der Waals surface area contributed by atoms with Crippen molar-refractivity contribution in [3.8, 4) is 22.3 Å². The summed E-state index contributed by atoms with van der Waals surface area (Å²) in [5, 5.41) is 4.90. The van der Waals surface area contributed by atoms with Crippen LogP contribution in [0.5, 0.6) is 0 Å². The van der Waals surface area contributed by atoms with E-state index >= 15 is 0 Å². The molecule has 0 heterocycles. The Balaban J connectivity index is 1.36. The first-order valence-electron chi connectivity index (χ1n) is 23.2. The summed E-state index contributed by atoms with van der Waals surface area (Å²) in [6.45, 7) is 18.0. The molecular formula is C62H60N2. The molecule has 9 aromatic rings. The summed E-state index contributed by atoms with van der Waals surface area (Å²) in [5.41, 5.74) is 19.6. The molecular weight excluding hydrogens is 773 g/mol. The van der Waals surface area contributed by atoms with E-state index in [0.717, 1.165) is 35.6 Å². The molecule has 2 unspecified atom stereocenters. The lowest BCUT2D eigenvalue weighted by Gasteiger charge is -2.29. The van der Waals surface area contributed by atoms with Gasteiger partial charge in [0.2, 0.25) is 0 Å². The summed E-state index contributed by atoms with van der Waals surface area (Å²) in [5.74, 6) is 0.915. The Labute approximate surface area is 381 Å². The van der Waals surface area contributed by atoms with Crippen LogP contribution in [0.3, 0.4) is 0 Å². The summed E-state index contributed by atoms with van der Waals surface area (Å²) in [6, 6.07) is 68.5. The Kier molecular flexibility index (Phi) is 12.0. The lowest BCUT2D eigenvalue weighted by molar-refractivity contribution is 0.733. The van der Waals surface area contributed by atoms with Crippen LogP contribution in [0.2, 0.25) is 0 Å². The Morgan fingerprint density at radius 1 is 0.328 bits per heavy atom. The third kappa shape index (κ3) is 8.33. The summed E-state index contributed by atoms with van der Waals surface area (Å²) in [7, 11) is 0. The Morgan fingerprint density at radius 2 is 0.688 bits per heavy atom. The van der Waals surface area contributed by atoms with Crippen molar-refractivity contribution < 1.29 is 0 Å². The average molecular weight is 833 g/mol. The summed E-state index contributed by atoms with van der Waals surface area (Å²) < 4.78 is 0. The van der Waals surface area contributed by atoms with Gasteiger partial charge in [-0.2, -0.15) is 0 Å². The van der Waals surface area contributed by atoms with E-state index in [-0.39, 0.29) is 0 Å². The number of hydrogen-bond donors (Lipinski definition) is 0. The van der Waals surface area contributed by atoms with Gasteiger partial charge in [0, 0.05) is 34.1 Å². The predicted octanol–water partition coefficient (Wildman–Crippen LogP) is 18.5. The molecule has 9 aromatic carbocycles. The Morgan fingerprint density at radius 3 is 1.05 bits per heavy atom. The summed E-state index contributed by atoms with van der Waals surface area (Å²) >= 11 is 0. The minimum atomic E-state index is 0.458. The number of nitrogens with zero attached hydrogens (tertiary/aromatic N) is 2. The maximum absolute atomic E-state index is 2.46. The first-order chi connectivity index (χ1) is 31.1. The number of hydrogen-bond acceptors (Lipinski definition) is 2. The lowest BCUT2D eigenvalue weighted by atomic mass is 9.85. The van der Waals surface area contributed by atoms with E-state index in [9.17, 15) is 0 Å². The van der Waals surface area contributed by atoms with E-state index in [1.165, 1.54) is 88.6 Å². The average Bonchev–Trinajstić information content (AvgIpc) is 3.31. The molecule has 0 aliphatic heterocycles. The van der Waals surface area contributed by atoms with Gasteiger partial charge in [0.25, 0.3) is 0 Å². The number of anilines is 6. The quantitative estimate of drug-likeness (QED) is 0.113. The highest BCUT2D eigenvalue weighted by atomic mass is 15.1. The zero-order valence-corrected chi connectivity index (χ0v) is 38.8. The largest absolute Gasteiger partial charge is 0.310 e. The van der Waals surface area contributed by atoms with Crippen LogP contribution in [0.4, 0.5) is 34.1 Å². The smallest absolute Gasteiger partial charge is 0.0468 e. The van der Waals surface area contributed by atoms with E-state index in [1.54, 1.807) is 0 Å². The molecule has 2 atom stereocenters. The second-order valence-corrected chi connectivity index (χ2v) is 18.1. The predicted molar refractivity (Wildman–Crippen MR) is 278 cm³/mol. The molecule has 0 saturated carbocycles. The van der Waals surface area contributed by atoms with Gasteiger partial charge < -0.3 is 9.80 Å². The maximum atomic E-state index is 2.46. The highest BCUT2D eigenvalue weighted by Gasteiger charge is 2.23.